The fourth-order valence-corrected chi connectivity index (χ4v) is 12.5. The number of rotatable bonds is 12. The van der Waals surface area contributed by atoms with Gasteiger partial charge < -0.3 is 68.9 Å². The van der Waals surface area contributed by atoms with E-state index in [1.807, 2.05) is 26.2 Å². The summed E-state index contributed by atoms with van der Waals surface area (Å²) in [4.78, 5) is 75.7. The van der Waals surface area contributed by atoms with Crippen molar-refractivity contribution < 1.29 is 87.8 Å². The van der Waals surface area contributed by atoms with Gasteiger partial charge in [-0.15, -0.1) is 0 Å². The molecule has 20 heteroatoms. The van der Waals surface area contributed by atoms with Crippen LogP contribution in [0.25, 0.3) is 0 Å². The van der Waals surface area contributed by atoms with Crippen LogP contribution in [0.1, 0.15) is 82.1 Å². The molecule has 71 heavy (non-hydrogen) atoms. The molecule has 380 valence electrons. The molecular formula is C51H58N2O18. The van der Waals surface area contributed by atoms with Crippen molar-refractivity contribution in [2.75, 3.05) is 27.2 Å². The number of hydrogen-bond acceptors (Lipinski definition) is 18. The van der Waals surface area contributed by atoms with Crippen molar-refractivity contribution in [3.63, 3.8) is 0 Å². The zero-order chi connectivity index (χ0) is 50.2. The molecule has 2 saturated heterocycles. The first-order valence-electron chi connectivity index (χ1n) is 23.1. The molecule has 4 aliphatic heterocycles. The minimum absolute atomic E-state index is 0. The smallest absolute Gasteiger partial charge is 0.345 e. The number of esters is 4. The zero-order valence-electron chi connectivity index (χ0n) is 38.8. The van der Waals surface area contributed by atoms with Crippen LogP contribution >= 0.6 is 0 Å². The molecule has 0 radical (unpaired) electrons. The number of hydrogen-bond donors (Lipinski definition) is 6. The number of aliphatic hydroxyl groups is 2. The molecule has 4 aliphatic carbocycles. The van der Waals surface area contributed by atoms with E-state index in [0.29, 0.717) is 44.5 Å². The summed E-state index contributed by atoms with van der Waals surface area (Å²) in [5.74, 6) is -5.57. The predicted molar refractivity (Wildman–Crippen MR) is 246 cm³/mol. The topological polar surface area (TPSA) is 286 Å². The maximum absolute atomic E-state index is 12.7. The Hall–Kier alpha value is -6.74. The Labute approximate surface area is 408 Å². The standard InChI is InChI=1S/2C25H27NO9.CH4/c1-3-15(23(30)31)33-18(28)6-7-19(29)34-16-8-9-25(32)17-12-13-4-5-14(27)21-20(13)24(25,22(16)35-21)10-11-26(17)2;1-3-4-18(28)34-16(23(30)31)12-19(29)33-15-7-8-25(32)17-11-13-5-6-14(27)21-20(13)24(25,22(15)35-21)9-10-26(17)2;/h4-8,15,17,22,27,32H,3,9-12H2,1-2H3,(H,30,31);3-7,16-17,22,27,32H,8-12H2,1-2H3,(H,30,31);1H4/b7-6+;4-3+;/t15-,17+,22?,24?,25+;16-,17+,22?,24?,25+;/m00./s1. The molecule has 2 aromatic rings. The molecule has 0 amide bonds. The Balaban J connectivity index is 0.000000188. The van der Waals surface area contributed by atoms with Gasteiger partial charge in [-0.05, 0) is 102 Å². The quantitative estimate of drug-likeness (QED) is 0.101. The van der Waals surface area contributed by atoms with Crippen LogP contribution < -0.4 is 9.47 Å². The number of carboxylic acid groups (broad SMARTS) is 2. The van der Waals surface area contributed by atoms with E-state index in [0.717, 1.165) is 40.5 Å². The van der Waals surface area contributed by atoms with Crippen LogP contribution in [0, 0.1) is 0 Å². The van der Waals surface area contributed by atoms with Crippen LogP contribution in [0.4, 0.5) is 0 Å². The first-order valence-corrected chi connectivity index (χ1v) is 23.1. The number of aromatic hydroxyl groups is 2. The highest BCUT2D eigenvalue weighted by Gasteiger charge is 2.73. The number of aliphatic carboxylic acids is 2. The number of phenols is 2. The molecular weight excluding hydrogens is 929 g/mol. The van der Waals surface area contributed by atoms with E-state index in [1.165, 1.54) is 6.08 Å². The normalized spacial score (nSPS) is 30.8. The SMILES string of the molecule is C.C/C=C/C(=O)O[C@@H](CC(=O)OC1=CC[C@@]2(O)[C@H]3Cc4ccc(O)c5c4C2(CCN3C)C1O5)C(=O)O.CC[C@H](OC(=O)/C=C/C(=O)OC1=CC[C@@]2(O)[C@H]3Cc4ccc(O)c5c4C2(CCN3C)C1O5)C(=O)O. The van der Waals surface area contributed by atoms with Gasteiger partial charge in [-0.3, -0.25) is 4.79 Å². The molecule has 10 atom stereocenters. The summed E-state index contributed by atoms with van der Waals surface area (Å²) >= 11 is 0. The summed E-state index contributed by atoms with van der Waals surface area (Å²) < 4.78 is 33.2. The molecule has 20 nitrogen and oxygen atoms in total. The van der Waals surface area contributed by atoms with Gasteiger partial charge in [-0.2, -0.15) is 0 Å². The minimum Gasteiger partial charge on any atom is -0.504 e. The Morgan fingerprint density at radius 2 is 1.15 bits per heavy atom. The number of carbonyl (C=O) groups is 6. The van der Waals surface area contributed by atoms with E-state index in [2.05, 4.69) is 9.80 Å². The number of phenolic OH excluding ortho intramolecular Hbond substituents is 2. The summed E-state index contributed by atoms with van der Waals surface area (Å²) in [5, 5.41) is 63.6. The Kier molecular flexibility index (Phi) is 13.2. The third-order valence-electron chi connectivity index (χ3n) is 15.6. The summed E-state index contributed by atoms with van der Waals surface area (Å²) in [6, 6.07) is 6.47. The van der Waals surface area contributed by atoms with Crippen LogP contribution in [0.2, 0.25) is 0 Å². The van der Waals surface area contributed by atoms with Crippen LogP contribution in [-0.2, 0) is 71.4 Å². The largest absolute Gasteiger partial charge is 0.504 e. The Bertz CT molecular complexity index is 2710. The van der Waals surface area contributed by atoms with Gasteiger partial charge in [0.2, 0.25) is 6.10 Å². The van der Waals surface area contributed by atoms with Gasteiger partial charge in [0.1, 0.15) is 11.5 Å². The predicted octanol–water partition coefficient (Wildman–Crippen LogP) is 2.99. The van der Waals surface area contributed by atoms with Crippen molar-refractivity contribution in [1.82, 2.24) is 9.80 Å². The average molecular weight is 987 g/mol. The van der Waals surface area contributed by atoms with Crippen LogP contribution in [0.5, 0.6) is 23.0 Å². The van der Waals surface area contributed by atoms with Gasteiger partial charge in [0.15, 0.2) is 41.3 Å². The number of carboxylic acids is 2. The number of allylic oxidation sites excluding steroid dienone is 1. The third kappa shape index (κ3) is 7.73. The lowest BCUT2D eigenvalue weighted by molar-refractivity contribution is -0.172. The van der Waals surface area contributed by atoms with E-state index < -0.39 is 88.7 Å². The van der Waals surface area contributed by atoms with Crippen LogP contribution in [0.15, 0.2) is 72.2 Å². The Morgan fingerprint density at radius 3 is 1.62 bits per heavy atom. The number of nitrogens with zero attached hydrogens (tertiary/aromatic N) is 2. The number of piperidine rings is 2. The van der Waals surface area contributed by atoms with Crippen molar-refractivity contribution in [3.05, 3.63) is 94.5 Å². The number of ether oxygens (including phenoxy) is 6. The van der Waals surface area contributed by atoms with Crippen LogP contribution in [0.3, 0.4) is 0 Å². The van der Waals surface area contributed by atoms with Gasteiger partial charge in [0.25, 0.3) is 0 Å². The van der Waals surface area contributed by atoms with Gasteiger partial charge in [-0.1, -0.05) is 32.6 Å². The summed E-state index contributed by atoms with van der Waals surface area (Å²) in [5.41, 5.74) is -0.739. The molecule has 0 aromatic heterocycles. The van der Waals surface area contributed by atoms with Gasteiger partial charge in [-0.25, -0.2) is 24.0 Å². The molecule has 4 bridgehead atoms. The molecule has 2 spiro atoms. The number of likely N-dealkylation sites (N-methyl/N-ethyl adjacent to an activating group) is 2. The van der Waals surface area contributed by atoms with E-state index >= 15 is 0 Å². The fourth-order valence-electron chi connectivity index (χ4n) is 12.5. The molecule has 4 heterocycles. The second kappa shape index (κ2) is 18.5. The highest BCUT2D eigenvalue weighted by atomic mass is 16.6. The monoisotopic (exact) mass is 986 g/mol. The van der Waals surface area contributed by atoms with Gasteiger partial charge in [0, 0.05) is 54.3 Å². The highest BCUT2D eigenvalue weighted by molar-refractivity contribution is 5.93. The van der Waals surface area contributed by atoms with Crippen molar-refractivity contribution in [3.8, 4) is 23.0 Å². The first-order chi connectivity index (χ1) is 33.2. The molecule has 2 fully saturated rings. The fraction of sp³-hybridized carbons (Fsp3) is 0.490. The lowest BCUT2D eigenvalue weighted by Gasteiger charge is -2.61. The molecule has 6 N–H and O–H groups in total. The number of benzene rings is 2. The molecule has 8 aliphatic rings. The maximum atomic E-state index is 12.7. The van der Waals surface area contributed by atoms with E-state index in [1.54, 1.807) is 38.1 Å². The Morgan fingerprint density at radius 1 is 0.704 bits per heavy atom. The number of carbonyl (C=O) groups excluding carboxylic acids is 4. The zero-order valence-corrected chi connectivity index (χ0v) is 38.8. The van der Waals surface area contributed by atoms with E-state index in [4.69, 9.17) is 33.5 Å². The molecule has 0 saturated carbocycles. The maximum Gasteiger partial charge on any atom is 0.345 e. The molecule has 4 unspecified atom stereocenters. The van der Waals surface area contributed by atoms with Crippen molar-refractivity contribution >= 4 is 35.8 Å². The molecule has 2 aromatic carbocycles. The lowest BCUT2D eigenvalue weighted by Crippen LogP contribution is -2.74. The third-order valence-corrected chi connectivity index (χ3v) is 15.6. The van der Waals surface area contributed by atoms with Crippen molar-refractivity contribution in [2.45, 2.75) is 131 Å². The van der Waals surface area contributed by atoms with E-state index in [-0.39, 0.29) is 67.5 Å². The highest BCUT2D eigenvalue weighted by Crippen LogP contribution is 2.67. The molecule has 10 rings (SSSR count). The van der Waals surface area contributed by atoms with E-state index in [9.17, 15) is 54.3 Å². The summed E-state index contributed by atoms with van der Waals surface area (Å²) in [7, 11) is 3.94. The van der Waals surface area contributed by atoms with Crippen LogP contribution in [-0.4, -0.2) is 151 Å². The summed E-state index contributed by atoms with van der Waals surface area (Å²) in [6.07, 6.45) is 4.66. The number of likely N-dealkylation sites (tertiary alicyclic amines) is 2. The average Bonchev–Trinajstić information content (AvgIpc) is 3.86. The minimum atomic E-state index is -1.72. The van der Waals surface area contributed by atoms with Gasteiger partial charge >= 0.3 is 35.8 Å². The first kappa shape index (κ1) is 50.6. The second-order valence-corrected chi connectivity index (χ2v) is 19.1. The van der Waals surface area contributed by atoms with Crippen molar-refractivity contribution in [1.29, 1.82) is 0 Å². The summed E-state index contributed by atoms with van der Waals surface area (Å²) in [6.45, 7) is 4.49. The van der Waals surface area contributed by atoms with Crippen molar-refractivity contribution in [2.24, 2.45) is 0 Å². The lowest BCUT2D eigenvalue weighted by atomic mass is 9.50. The van der Waals surface area contributed by atoms with Gasteiger partial charge in [0.05, 0.1) is 28.5 Å². The second-order valence-electron chi connectivity index (χ2n) is 19.1.